The fraction of sp³-hybridized carbons (Fsp3) is 0.786. The van der Waals surface area contributed by atoms with Crippen LogP contribution >= 0.6 is 11.3 Å². The quantitative estimate of drug-likeness (QED) is 0.878. The Kier molecular flexibility index (Phi) is 4.57. The fourth-order valence-corrected chi connectivity index (χ4v) is 3.55. The minimum absolute atomic E-state index is 0.408. The lowest BCUT2D eigenvalue weighted by molar-refractivity contribution is 0.268. The van der Waals surface area contributed by atoms with Crippen molar-refractivity contribution in [3.05, 3.63) is 16.1 Å². The van der Waals surface area contributed by atoms with Crippen LogP contribution in [0.5, 0.6) is 0 Å². The molecule has 3 atom stereocenters. The van der Waals surface area contributed by atoms with Gasteiger partial charge in [0.05, 0.1) is 6.04 Å². The third-order valence-corrected chi connectivity index (χ3v) is 4.86. The van der Waals surface area contributed by atoms with Gasteiger partial charge in [0.25, 0.3) is 0 Å². The van der Waals surface area contributed by atoms with Crippen molar-refractivity contribution in [2.75, 3.05) is 6.54 Å². The predicted molar refractivity (Wildman–Crippen MR) is 74.4 cm³/mol. The van der Waals surface area contributed by atoms with Crippen LogP contribution in [0.3, 0.4) is 0 Å². The molecule has 0 saturated heterocycles. The van der Waals surface area contributed by atoms with Crippen molar-refractivity contribution in [2.45, 2.75) is 52.5 Å². The van der Waals surface area contributed by atoms with Gasteiger partial charge in [-0.05, 0) is 45.1 Å². The summed E-state index contributed by atoms with van der Waals surface area (Å²) in [7, 11) is 0. The first-order valence-corrected chi connectivity index (χ1v) is 7.62. The molecule has 17 heavy (non-hydrogen) atoms. The molecular formula is C14H24N2S. The molecule has 1 aromatic rings. The van der Waals surface area contributed by atoms with Crippen molar-refractivity contribution in [1.82, 2.24) is 10.3 Å². The average molecular weight is 252 g/mol. The maximum atomic E-state index is 4.45. The Morgan fingerprint density at radius 1 is 1.53 bits per heavy atom. The molecular weight excluding hydrogens is 228 g/mol. The first kappa shape index (κ1) is 13.0. The van der Waals surface area contributed by atoms with E-state index in [-0.39, 0.29) is 0 Å². The molecule has 0 spiro atoms. The molecule has 2 nitrogen and oxygen atoms in total. The zero-order valence-electron chi connectivity index (χ0n) is 11.2. The van der Waals surface area contributed by atoms with Crippen LogP contribution in [-0.4, -0.2) is 11.5 Å². The summed E-state index contributed by atoms with van der Waals surface area (Å²) >= 11 is 1.81. The first-order valence-electron chi connectivity index (χ1n) is 6.81. The number of thiazole rings is 1. The van der Waals surface area contributed by atoms with Crippen molar-refractivity contribution in [3.8, 4) is 0 Å². The molecule has 0 aliphatic heterocycles. The van der Waals surface area contributed by atoms with Gasteiger partial charge in [-0.3, -0.25) is 0 Å². The zero-order valence-corrected chi connectivity index (χ0v) is 12.0. The molecule has 3 unspecified atom stereocenters. The Hall–Kier alpha value is -0.410. The Labute approximate surface area is 109 Å². The summed E-state index contributed by atoms with van der Waals surface area (Å²) in [6.45, 7) is 7.89. The van der Waals surface area contributed by atoms with Crippen LogP contribution in [0, 0.1) is 18.8 Å². The molecule has 0 bridgehead atoms. The number of nitrogens with zero attached hydrogens (tertiary/aromatic N) is 1. The van der Waals surface area contributed by atoms with Gasteiger partial charge in [-0.15, -0.1) is 11.3 Å². The third-order valence-electron chi connectivity index (χ3n) is 3.77. The van der Waals surface area contributed by atoms with Gasteiger partial charge in [-0.1, -0.05) is 19.8 Å². The standard InChI is InChI=1S/C14H24N2S/c1-10-5-4-6-13(7-10)9-15-12(3)14-16-8-11(2)17-14/h8,10,12-13,15H,4-7,9H2,1-3H3. The van der Waals surface area contributed by atoms with E-state index >= 15 is 0 Å². The SMILES string of the molecule is Cc1cnc(C(C)NCC2CCCC(C)C2)s1. The Morgan fingerprint density at radius 2 is 2.35 bits per heavy atom. The lowest BCUT2D eigenvalue weighted by Crippen LogP contribution is -2.28. The van der Waals surface area contributed by atoms with Crippen molar-refractivity contribution >= 4 is 11.3 Å². The molecule has 0 amide bonds. The molecule has 2 rings (SSSR count). The highest BCUT2D eigenvalue weighted by Gasteiger charge is 2.19. The highest BCUT2D eigenvalue weighted by Crippen LogP contribution is 2.28. The monoisotopic (exact) mass is 252 g/mol. The van der Waals surface area contributed by atoms with Gasteiger partial charge in [0, 0.05) is 11.1 Å². The molecule has 0 aromatic carbocycles. The normalized spacial score (nSPS) is 27.0. The van der Waals surface area contributed by atoms with E-state index in [4.69, 9.17) is 0 Å². The van der Waals surface area contributed by atoms with E-state index < -0.39 is 0 Å². The number of aryl methyl sites for hydroxylation is 1. The fourth-order valence-electron chi connectivity index (χ4n) is 2.75. The van der Waals surface area contributed by atoms with Crippen LogP contribution in [0.25, 0.3) is 0 Å². The van der Waals surface area contributed by atoms with Crippen molar-refractivity contribution in [2.24, 2.45) is 11.8 Å². The Morgan fingerprint density at radius 3 is 3.00 bits per heavy atom. The third kappa shape index (κ3) is 3.78. The summed E-state index contributed by atoms with van der Waals surface area (Å²) in [5.41, 5.74) is 0. The van der Waals surface area contributed by atoms with Gasteiger partial charge in [0.15, 0.2) is 0 Å². The first-order chi connectivity index (χ1) is 8.15. The second-order valence-electron chi connectivity index (χ2n) is 5.58. The summed E-state index contributed by atoms with van der Waals surface area (Å²) in [5.74, 6) is 1.80. The minimum atomic E-state index is 0.408. The topological polar surface area (TPSA) is 24.9 Å². The van der Waals surface area contributed by atoms with Crippen molar-refractivity contribution in [3.63, 3.8) is 0 Å². The minimum Gasteiger partial charge on any atom is -0.308 e. The molecule has 96 valence electrons. The summed E-state index contributed by atoms with van der Waals surface area (Å²) in [4.78, 5) is 5.76. The van der Waals surface area contributed by atoms with Gasteiger partial charge in [-0.2, -0.15) is 0 Å². The van der Waals surface area contributed by atoms with Crippen LogP contribution in [0.2, 0.25) is 0 Å². The molecule has 1 saturated carbocycles. The van der Waals surface area contributed by atoms with Crippen molar-refractivity contribution < 1.29 is 0 Å². The van der Waals surface area contributed by atoms with E-state index in [1.807, 2.05) is 17.5 Å². The molecule has 0 radical (unpaired) electrons. The lowest BCUT2D eigenvalue weighted by Gasteiger charge is -2.27. The number of rotatable bonds is 4. The smallest absolute Gasteiger partial charge is 0.109 e. The highest BCUT2D eigenvalue weighted by atomic mass is 32.1. The second kappa shape index (κ2) is 5.96. The summed E-state index contributed by atoms with van der Waals surface area (Å²) in [5, 5.41) is 4.88. The number of hydrogen-bond donors (Lipinski definition) is 1. The second-order valence-corrected chi connectivity index (χ2v) is 6.84. The van der Waals surface area contributed by atoms with Gasteiger partial charge >= 0.3 is 0 Å². The van der Waals surface area contributed by atoms with Crippen LogP contribution in [0.1, 0.15) is 55.5 Å². The molecule has 1 aliphatic carbocycles. The van der Waals surface area contributed by atoms with Crippen molar-refractivity contribution in [1.29, 1.82) is 0 Å². The van der Waals surface area contributed by atoms with Crippen LogP contribution in [0.15, 0.2) is 6.20 Å². The molecule has 1 N–H and O–H groups in total. The lowest BCUT2D eigenvalue weighted by atomic mass is 9.82. The molecule has 3 heteroatoms. The van der Waals surface area contributed by atoms with E-state index in [9.17, 15) is 0 Å². The Bertz CT molecular complexity index is 348. The van der Waals surface area contributed by atoms with E-state index in [1.54, 1.807) is 0 Å². The molecule has 1 heterocycles. The van der Waals surface area contributed by atoms with E-state index in [0.29, 0.717) is 6.04 Å². The molecule has 1 aromatic heterocycles. The van der Waals surface area contributed by atoms with Gasteiger partial charge < -0.3 is 5.32 Å². The van der Waals surface area contributed by atoms with E-state index in [0.717, 1.165) is 18.4 Å². The van der Waals surface area contributed by atoms with Crippen LogP contribution in [-0.2, 0) is 0 Å². The highest BCUT2D eigenvalue weighted by molar-refractivity contribution is 7.11. The maximum Gasteiger partial charge on any atom is 0.109 e. The Balaban J connectivity index is 1.77. The predicted octanol–water partition coefficient (Wildman–Crippen LogP) is 3.93. The van der Waals surface area contributed by atoms with Gasteiger partial charge in [0.2, 0.25) is 0 Å². The summed E-state index contributed by atoms with van der Waals surface area (Å²) in [6.07, 6.45) is 7.62. The van der Waals surface area contributed by atoms with Crippen LogP contribution < -0.4 is 5.32 Å². The number of hydrogen-bond acceptors (Lipinski definition) is 3. The number of aromatic nitrogens is 1. The van der Waals surface area contributed by atoms with Crippen LogP contribution in [0.4, 0.5) is 0 Å². The maximum absolute atomic E-state index is 4.45. The molecule has 1 aliphatic rings. The van der Waals surface area contributed by atoms with E-state index in [2.05, 4.69) is 31.1 Å². The van der Waals surface area contributed by atoms with Gasteiger partial charge in [0.1, 0.15) is 5.01 Å². The van der Waals surface area contributed by atoms with Gasteiger partial charge in [-0.25, -0.2) is 4.98 Å². The van der Waals surface area contributed by atoms with E-state index in [1.165, 1.54) is 35.6 Å². The largest absolute Gasteiger partial charge is 0.308 e. The molecule has 1 fully saturated rings. The average Bonchev–Trinajstić information content (AvgIpc) is 2.73. The summed E-state index contributed by atoms with van der Waals surface area (Å²) < 4.78 is 0. The zero-order chi connectivity index (χ0) is 12.3. The number of nitrogens with one attached hydrogen (secondary N) is 1. The summed E-state index contributed by atoms with van der Waals surface area (Å²) in [6, 6.07) is 0.408.